The summed E-state index contributed by atoms with van der Waals surface area (Å²) in [6.07, 6.45) is 4.04. The first kappa shape index (κ1) is 14.3. The van der Waals surface area contributed by atoms with Crippen LogP contribution in [0, 0.1) is 0 Å². The summed E-state index contributed by atoms with van der Waals surface area (Å²) >= 11 is 1.04. The van der Waals surface area contributed by atoms with Gasteiger partial charge in [-0.15, -0.1) is 0 Å². The maximum Gasteiger partial charge on any atom is 0.313 e. The number of nitrogens with zero attached hydrogens (tertiary/aromatic N) is 3. The summed E-state index contributed by atoms with van der Waals surface area (Å²) in [5.41, 5.74) is 0.562. The largest absolute Gasteiger partial charge is 0.481 e. The predicted octanol–water partition coefficient (Wildman–Crippen LogP) is 1.06. The van der Waals surface area contributed by atoms with Crippen LogP contribution in [0.25, 0.3) is 0 Å². The van der Waals surface area contributed by atoms with Crippen molar-refractivity contribution >= 4 is 17.7 Å². The number of hydrogen-bond acceptors (Lipinski definition) is 5. The van der Waals surface area contributed by atoms with E-state index in [1.165, 1.54) is 6.07 Å². The third kappa shape index (κ3) is 4.20. The molecular weight excluding hydrogens is 278 g/mol. The highest BCUT2D eigenvalue weighted by molar-refractivity contribution is 7.99. The second-order valence-electron chi connectivity index (χ2n) is 4.00. The van der Waals surface area contributed by atoms with Crippen LogP contribution in [0.15, 0.2) is 46.6 Å². The van der Waals surface area contributed by atoms with Gasteiger partial charge in [-0.05, 0) is 12.1 Å². The van der Waals surface area contributed by atoms with Gasteiger partial charge in [-0.1, -0.05) is 17.8 Å². The lowest BCUT2D eigenvalue weighted by Gasteiger charge is -2.10. The second kappa shape index (κ2) is 6.85. The molecule has 2 rings (SSSR count). The molecule has 0 radical (unpaired) electrons. The molecule has 0 fully saturated rings. The van der Waals surface area contributed by atoms with E-state index in [2.05, 4.69) is 9.97 Å². The maximum absolute atomic E-state index is 11.3. The fourth-order valence-corrected chi connectivity index (χ4v) is 2.33. The minimum Gasteiger partial charge on any atom is -0.481 e. The number of aliphatic carboxylic acids is 1. The molecule has 0 spiro atoms. The monoisotopic (exact) mass is 291 g/mol. The zero-order valence-corrected chi connectivity index (χ0v) is 11.4. The summed E-state index contributed by atoms with van der Waals surface area (Å²) in [7, 11) is 0. The lowest BCUT2D eigenvalue weighted by atomic mass is 10.3. The molecule has 6 nitrogen and oxygen atoms in total. The fourth-order valence-electron chi connectivity index (χ4n) is 1.61. The van der Waals surface area contributed by atoms with Gasteiger partial charge in [0.1, 0.15) is 0 Å². The van der Waals surface area contributed by atoms with E-state index < -0.39 is 5.97 Å². The molecule has 7 heteroatoms. The first-order valence-corrected chi connectivity index (χ1v) is 6.96. The Hall–Kier alpha value is -2.15. The van der Waals surface area contributed by atoms with Crippen molar-refractivity contribution in [2.45, 2.75) is 18.1 Å². The quantitative estimate of drug-likeness (QED) is 0.632. The Balaban J connectivity index is 2.10. The molecule has 2 aromatic rings. The van der Waals surface area contributed by atoms with Gasteiger partial charge >= 0.3 is 5.97 Å². The molecule has 104 valence electrons. The Kier molecular flexibility index (Phi) is 4.89. The molecule has 0 aromatic carbocycles. The van der Waals surface area contributed by atoms with Crippen LogP contribution in [0.5, 0.6) is 0 Å². The van der Waals surface area contributed by atoms with E-state index in [4.69, 9.17) is 5.11 Å². The molecule has 0 amide bonds. The molecule has 0 bridgehead atoms. The first-order valence-electron chi connectivity index (χ1n) is 5.97. The summed E-state index contributed by atoms with van der Waals surface area (Å²) in [4.78, 5) is 29.9. The van der Waals surface area contributed by atoms with E-state index in [1.807, 2.05) is 18.2 Å². The van der Waals surface area contributed by atoms with Crippen molar-refractivity contribution < 1.29 is 9.90 Å². The first-order chi connectivity index (χ1) is 9.65. The molecule has 2 aromatic heterocycles. The third-order valence-electron chi connectivity index (χ3n) is 2.51. The van der Waals surface area contributed by atoms with Gasteiger partial charge in [-0.3, -0.25) is 14.6 Å². The number of carboxylic acid groups (broad SMARTS) is 1. The smallest absolute Gasteiger partial charge is 0.313 e. The molecule has 2 heterocycles. The number of hydrogen-bond donors (Lipinski definition) is 1. The summed E-state index contributed by atoms with van der Waals surface area (Å²) in [6, 6.07) is 7.04. The summed E-state index contributed by atoms with van der Waals surface area (Å²) in [5, 5.41) is 9.11. The van der Waals surface area contributed by atoms with Gasteiger partial charge in [-0.25, -0.2) is 0 Å². The molecule has 1 N–H and O–H groups in total. The Morgan fingerprint density at radius 1 is 1.35 bits per heavy atom. The van der Waals surface area contributed by atoms with Gasteiger partial charge in [0.05, 0.1) is 5.75 Å². The van der Waals surface area contributed by atoms with Crippen molar-refractivity contribution in [2.24, 2.45) is 0 Å². The number of pyridine rings is 1. The Morgan fingerprint density at radius 2 is 2.20 bits per heavy atom. The predicted molar refractivity (Wildman–Crippen MR) is 74.8 cm³/mol. The van der Waals surface area contributed by atoms with Crippen molar-refractivity contribution in [2.75, 3.05) is 5.75 Å². The number of carbonyl (C=O) groups is 1. The summed E-state index contributed by atoms with van der Waals surface area (Å²) < 4.78 is 1.77. The fraction of sp³-hybridized carbons (Fsp3) is 0.231. The van der Waals surface area contributed by atoms with Crippen LogP contribution in [0.1, 0.15) is 5.69 Å². The van der Waals surface area contributed by atoms with Gasteiger partial charge in [0.2, 0.25) is 0 Å². The van der Waals surface area contributed by atoms with Crippen molar-refractivity contribution in [1.29, 1.82) is 0 Å². The van der Waals surface area contributed by atoms with E-state index >= 15 is 0 Å². The average Bonchev–Trinajstić information content (AvgIpc) is 2.45. The van der Waals surface area contributed by atoms with Crippen LogP contribution in [-0.4, -0.2) is 31.4 Å². The molecule has 0 saturated carbocycles. The normalized spacial score (nSPS) is 10.4. The highest BCUT2D eigenvalue weighted by atomic mass is 32.2. The molecule has 20 heavy (non-hydrogen) atoms. The summed E-state index contributed by atoms with van der Waals surface area (Å²) in [5.74, 6) is -1.07. The van der Waals surface area contributed by atoms with E-state index in [9.17, 15) is 9.59 Å². The van der Waals surface area contributed by atoms with E-state index in [-0.39, 0.29) is 11.3 Å². The zero-order valence-electron chi connectivity index (χ0n) is 10.6. The molecule has 0 saturated heterocycles. The van der Waals surface area contributed by atoms with Crippen LogP contribution >= 0.6 is 11.8 Å². The van der Waals surface area contributed by atoms with Gasteiger partial charge < -0.3 is 9.67 Å². The highest BCUT2D eigenvalue weighted by Crippen LogP contribution is 2.13. The van der Waals surface area contributed by atoms with Crippen molar-refractivity contribution in [1.82, 2.24) is 14.5 Å². The second-order valence-corrected chi connectivity index (χ2v) is 4.94. The van der Waals surface area contributed by atoms with E-state index in [1.54, 1.807) is 17.0 Å². The van der Waals surface area contributed by atoms with Gasteiger partial charge in [-0.2, -0.15) is 4.98 Å². The highest BCUT2D eigenvalue weighted by Gasteiger charge is 2.07. The maximum atomic E-state index is 11.3. The molecule has 0 aliphatic rings. The minimum absolute atomic E-state index is 0.125. The minimum atomic E-state index is -0.940. The third-order valence-corrected chi connectivity index (χ3v) is 3.48. The van der Waals surface area contributed by atoms with Crippen LogP contribution in [0.4, 0.5) is 0 Å². The molecular formula is C13H13N3O3S. The Labute approximate surface area is 119 Å². The van der Waals surface area contributed by atoms with Gasteiger partial charge in [0.25, 0.3) is 5.56 Å². The molecule has 0 aliphatic heterocycles. The van der Waals surface area contributed by atoms with Crippen molar-refractivity contribution in [3.05, 3.63) is 52.7 Å². The van der Waals surface area contributed by atoms with Crippen molar-refractivity contribution in [3.8, 4) is 0 Å². The van der Waals surface area contributed by atoms with E-state index in [0.29, 0.717) is 18.1 Å². The lowest BCUT2D eigenvalue weighted by molar-refractivity contribution is -0.133. The topological polar surface area (TPSA) is 85.1 Å². The number of rotatable bonds is 6. The molecule has 0 atom stereocenters. The number of aromatic nitrogens is 3. The Morgan fingerprint density at radius 3 is 2.90 bits per heavy atom. The zero-order chi connectivity index (χ0) is 14.4. The molecule has 0 unspecified atom stereocenters. The van der Waals surface area contributed by atoms with Crippen LogP contribution in [0.3, 0.4) is 0 Å². The lowest BCUT2D eigenvalue weighted by Crippen LogP contribution is -2.15. The van der Waals surface area contributed by atoms with E-state index in [0.717, 1.165) is 17.5 Å². The number of carboxylic acids is 1. The molecule has 0 aliphatic carbocycles. The standard InChI is InChI=1S/C13H13N3O3S/c17-11-5-8-16(13(15-11)20-9-12(18)19)7-4-10-3-1-2-6-14-10/h1-3,5-6,8H,4,7,9H2,(H,18,19). The summed E-state index contributed by atoms with van der Waals surface area (Å²) in [6.45, 7) is 0.590. The van der Waals surface area contributed by atoms with Crippen LogP contribution in [0.2, 0.25) is 0 Å². The number of thioether (sulfide) groups is 1. The average molecular weight is 291 g/mol. The Bertz CT molecular complexity index is 643. The van der Waals surface area contributed by atoms with Crippen LogP contribution < -0.4 is 5.56 Å². The van der Waals surface area contributed by atoms with Crippen molar-refractivity contribution in [3.63, 3.8) is 0 Å². The SMILES string of the molecule is O=C(O)CSc1nc(=O)ccn1CCc1ccccn1. The van der Waals surface area contributed by atoms with Gasteiger partial charge in [0.15, 0.2) is 5.16 Å². The van der Waals surface area contributed by atoms with Crippen LogP contribution in [-0.2, 0) is 17.8 Å². The number of aryl methyl sites for hydroxylation is 2. The van der Waals surface area contributed by atoms with Gasteiger partial charge in [0, 0.05) is 37.1 Å².